The lowest BCUT2D eigenvalue weighted by molar-refractivity contribution is 0.293. The third kappa shape index (κ3) is 4.64. The second-order valence-electron chi connectivity index (χ2n) is 6.00. The van der Waals surface area contributed by atoms with E-state index in [9.17, 15) is 8.42 Å². The molecule has 0 saturated heterocycles. The minimum Gasteiger partial charge on any atom is -0.416 e. The van der Waals surface area contributed by atoms with Gasteiger partial charge in [0.25, 0.3) is 10.0 Å². The Hall–Kier alpha value is -0.283. The van der Waals surface area contributed by atoms with Gasteiger partial charge in [-0.1, -0.05) is 20.8 Å². The first kappa shape index (κ1) is 16.8. The molecule has 0 amide bonds. The smallest absolute Gasteiger partial charge is 0.265 e. The predicted molar refractivity (Wildman–Crippen MR) is 80.3 cm³/mol. The minimum atomic E-state index is -3.68. The fourth-order valence-electron chi connectivity index (χ4n) is 1.16. The zero-order valence-corrected chi connectivity index (χ0v) is 14.7. The number of thiazole rings is 1. The van der Waals surface area contributed by atoms with Crippen LogP contribution in [0.4, 0.5) is 0 Å². The van der Waals surface area contributed by atoms with Crippen molar-refractivity contribution in [2.45, 2.75) is 49.7 Å². The molecule has 2 N–H and O–H groups in total. The highest BCUT2D eigenvalue weighted by atomic mass is 32.2. The van der Waals surface area contributed by atoms with Crippen LogP contribution in [0.3, 0.4) is 0 Å². The number of primary sulfonamides is 1. The molecule has 5 nitrogen and oxygen atoms in total. The standard InChI is InChI=1S/C11H22N2O3S2Si/c1-11(2,3)19(4,5)16-7-6-9-8-13-10(17-9)18(12,14)15/h8H,6-7H2,1-5H3,(H2,12,14,15). The third-order valence-corrected chi connectivity index (χ3v) is 10.3. The van der Waals surface area contributed by atoms with Gasteiger partial charge in [-0.25, -0.2) is 18.5 Å². The van der Waals surface area contributed by atoms with Crippen LogP contribution in [0, 0.1) is 0 Å². The van der Waals surface area contributed by atoms with Crippen LogP contribution in [0.1, 0.15) is 25.6 Å². The van der Waals surface area contributed by atoms with Gasteiger partial charge in [0.2, 0.25) is 4.34 Å². The molecule has 0 aliphatic heterocycles. The topological polar surface area (TPSA) is 82.3 Å². The van der Waals surface area contributed by atoms with Crippen LogP contribution in [0.5, 0.6) is 0 Å². The summed E-state index contributed by atoms with van der Waals surface area (Å²) in [5.74, 6) is 0. The van der Waals surface area contributed by atoms with Crippen LogP contribution in [-0.4, -0.2) is 28.3 Å². The quantitative estimate of drug-likeness (QED) is 0.844. The van der Waals surface area contributed by atoms with Crippen molar-refractivity contribution in [3.63, 3.8) is 0 Å². The highest BCUT2D eigenvalue weighted by Crippen LogP contribution is 2.36. The summed E-state index contributed by atoms with van der Waals surface area (Å²) in [5.41, 5.74) is 0. The maximum atomic E-state index is 11.1. The molecule has 0 aliphatic carbocycles. The Morgan fingerprint density at radius 3 is 2.42 bits per heavy atom. The zero-order valence-electron chi connectivity index (χ0n) is 12.1. The Bertz CT molecular complexity index is 532. The fourth-order valence-corrected chi connectivity index (χ4v) is 3.81. The number of aromatic nitrogens is 1. The molecule has 1 rings (SSSR count). The van der Waals surface area contributed by atoms with Crippen molar-refractivity contribution in [3.8, 4) is 0 Å². The fraction of sp³-hybridized carbons (Fsp3) is 0.727. The average Bonchev–Trinajstić information content (AvgIpc) is 2.63. The van der Waals surface area contributed by atoms with Gasteiger partial charge in [0.1, 0.15) is 0 Å². The molecule has 1 aromatic rings. The molecule has 0 aromatic carbocycles. The summed E-state index contributed by atoms with van der Waals surface area (Å²) >= 11 is 1.11. The second kappa shape index (κ2) is 5.61. The molecule has 19 heavy (non-hydrogen) atoms. The normalized spacial score (nSPS) is 13.8. The van der Waals surface area contributed by atoms with Crippen molar-refractivity contribution in [3.05, 3.63) is 11.1 Å². The lowest BCUT2D eigenvalue weighted by Gasteiger charge is -2.36. The second-order valence-corrected chi connectivity index (χ2v) is 13.7. The molecule has 0 atom stereocenters. The lowest BCUT2D eigenvalue weighted by Crippen LogP contribution is -2.41. The van der Waals surface area contributed by atoms with Crippen molar-refractivity contribution in [1.82, 2.24) is 4.98 Å². The van der Waals surface area contributed by atoms with Crippen LogP contribution in [0.25, 0.3) is 0 Å². The van der Waals surface area contributed by atoms with E-state index in [-0.39, 0.29) is 9.38 Å². The highest BCUT2D eigenvalue weighted by molar-refractivity contribution is 7.91. The summed E-state index contributed by atoms with van der Waals surface area (Å²) in [6, 6.07) is 0. The van der Waals surface area contributed by atoms with Gasteiger partial charge in [-0.2, -0.15) is 0 Å². The van der Waals surface area contributed by atoms with Crippen molar-refractivity contribution in [2.75, 3.05) is 6.61 Å². The monoisotopic (exact) mass is 322 g/mol. The van der Waals surface area contributed by atoms with Gasteiger partial charge >= 0.3 is 0 Å². The number of nitrogens with two attached hydrogens (primary N) is 1. The summed E-state index contributed by atoms with van der Waals surface area (Å²) in [4.78, 5) is 4.69. The van der Waals surface area contributed by atoms with E-state index in [0.29, 0.717) is 13.0 Å². The van der Waals surface area contributed by atoms with Gasteiger partial charge in [-0.15, -0.1) is 11.3 Å². The Morgan fingerprint density at radius 1 is 1.42 bits per heavy atom. The van der Waals surface area contributed by atoms with Gasteiger partial charge in [-0.3, -0.25) is 0 Å². The average molecular weight is 323 g/mol. The first-order chi connectivity index (χ1) is 8.43. The van der Waals surface area contributed by atoms with Crippen LogP contribution >= 0.6 is 11.3 Å². The van der Waals surface area contributed by atoms with E-state index in [2.05, 4.69) is 38.8 Å². The maximum absolute atomic E-state index is 11.1. The van der Waals surface area contributed by atoms with E-state index in [1.165, 1.54) is 0 Å². The highest BCUT2D eigenvalue weighted by Gasteiger charge is 2.36. The van der Waals surface area contributed by atoms with E-state index in [0.717, 1.165) is 16.2 Å². The molecule has 0 spiro atoms. The number of hydrogen-bond acceptors (Lipinski definition) is 5. The maximum Gasteiger partial charge on any atom is 0.265 e. The molecule has 0 radical (unpaired) electrons. The van der Waals surface area contributed by atoms with Crippen LogP contribution in [0.15, 0.2) is 10.5 Å². The molecular formula is C11H22N2O3S2Si. The summed E-state index contributed by atoms with van der Waals surface area (Å²) in [5, 5.41) is 5.19. The summed E-state index contributed by atoms with van der Waals surface area (Å²) in [6.45, 7) is 11.5. The number of hydrogen-bond donors (Lipinski definition) is 1. The zero-order chi connectivity index (χ0) is 14.9. The van der Waals surface area contributed by atoms with Crippen LogP contribution < -0.4 is 5.14 Å². The Kier molecular flexibility index (Phi) is 4.95. The summed E-state index contributed by atoms with van der Waals surface area (Å²) in [6.07, 6.45) is 2.22. The Morgan fingerprint density at radius 2 is 2.00 bits per heavy atom. The van der Waals surface area contributed by atoms with Crippen LogP contribution in [-0.2, 0) is 20.9 Å². The van der Waals surface area contributed by atoms with E-state index < -0.39 is 18.3 Å². The molecule has 0 aliphatic rings. The Balaban J connectivity index is 2.58. The Labute approximate surface area is 120 Å². The molecule has 0 bridgehead atoms. The van der Waals surface area contributed by atoms with Crippen LogP contribution in [0.2, 0.25) is 18.1 Å². The molecule has 110 valence electrons. The third-order valence-electron chi connectivity index (χ3n) is 3.39. The molecule has 1 heterocycles. The van der Waals surface area contributed by atoms with E-state index >= 15 is 0 Å². The van der Waals surface area contributed by atoms with Gasteiger partial charge in [0.15, 0.2) is 8.32 Å². The minimum absolute atomic E-state index is 0.0326. The summed E-state index contributed by atoms with van der Waals surface area (Å²) < 4.78 is 28.2. The molecule has 8 heteroatoms. The van der Waals surface area contributed by atoms with Gasteiger partial charge in [0.05, 0.1) is 0 Å². The lowest BCUT2D eigenvalue weighted by atomic mass is 10.2. The van der Waals surface area contributed by atoms with Crippen molar-refractivity contribution in [1.29, 1.82) is 0 Å². The molecular weight excluding hydrogens is 300 g/mol. The SMILES string of the molecule is CC(C)(C)[Si](C)(C)OCCc1cnc(S(N)(=O)=O)s1. The van der Waals surface area contributed by atoms with Gasteiger partial charge in [0, 0.05) is 24.1 Å². The van der Waals surface area contributed by atoms with E-state index in [1.807, 2.05) is 0 Å². The van der Waals surface area contributed by atoms with E-state index in [1.54, 1.807) is 6.20 Å². The van der Waals surface area contributed by atoms with Crippen molar-refractivity contribution in [2.24, 2.45) is 5.14 Å². The van der Waals surface area contributed by atoms with Gasteiger partial charge < -0.3 is 4.43 Å². The largest absolute Gasteiger partial charge is 0.416 e. The van der Waals surface area contributed by atoms with Gasteiger partial charge in [-0.05, 0) is 18.1 Å². The predicted octanol–water partition coefficient (Wildman–Crippen LogP) is 2.35. The van der Waals surface area contributed by atoms with Crippen molar-refractivity contribution >= 4 is 29.7 Å². The first-order valence-electron chi connectivity index (χ1n) is 6.05. The number of nitrogens with zero attached hydrogens (tertiary/aromatic N) is 1. The molecule has 0 saturated carbocycles. The van der Waals surface area contributed by atoms with Crippen molar-refractivity contribution < 1.29 is 12.8 Å². The molecule has 1 aromatic heterocycles. The first-order valence-corrected chi connectivity index (χ1v) is 11.3. The molecule has 0 fully saturated rings. The van der Waals surface area contributed by atoms with E-state index in [4.69, 9.17) is 9.56 Å². The summed E-state index contributed by atoms with van der Waals surface area (Å²) in [7, 11) is -5.43. The number of rotatable bonds is 5. The molecule has 0 unspecified atom stereocenters. The number of sulfonamides is 1.